The predicted molar refractivity (Wildman–Crippen MR) is 65.6 cm³/mol. The molecule has 1 N–H and O–H groups in total. The highest BCUT2D eigenvalue weighted by atomic mass is 35.5. The van der Waals surface area contributed by atoms with Gasteiger partial charge in [-0.1, -0.05) is 17.7 Å². The molecule has 0 aliphatic carbocycles. The Labute approximate surface area is 104 Å². The van der Waals surface area contributed by atoms with Gasteiger partial charge in [0.05, 0.1) is 16.0 Å². The van der Waals surface area contributed by atoms with Gasteiger partial charge < -0.3 is 10.0 Å². The number of hydrogen-bond donors (Lipinski definition) is 1. The topological polar surface area (TPSA) is 66.6 Å². The number of para-hydroxylation sites is 1. The molecule has 1 aromatic rings. The van der Waals surface area contributed by atoms with Crippen molar-refractivity contribution in [3.8, 4) is 0 Å². The number of aliphatic hydroxyl groups is 1. The van der Waals surface area contributed by atoms with Crippen molar-refractivity contribution in [1.82, 2.24) is 0 Å². The van der Waals surface area contributed by atoms with Gasteiger partial charge in [0, 0.05) is 19.2 Å². The summed E-state index contributed by atoms with van der Waals surface area (Å²) in [5.74, 6) is 0. The van der Waals surface area contributed by atoms with Gasteiger partial charge in [-0.3, -0.25) is 10.1 Å². The van der Waals surface area contributed by atoms with E-state index in [1.807, 2.05) is 0 Å². The van der Waals surface area contributed by atoms with Crippen molar-refractivity contribution in [2.24, 2.45) is 0 Å². The van der Waals surface area contributed by atoms with E-state index in [2.05, 4.69) is 0 Å². The Kier molecular flexibility index (Phi) is 3.49. The Balaban J connectivity index is 2.39. The molecule has 1 atom stereocenters. The van der Waals surface area contributed by atoms with Crippen LogP contribution in [-0.2, 0) is 0 Å². The van der Waals surface area contributed by atoms with Crippen LogP contribution < -0.4 is 4.90 Å². The van der Waals surface area contributed by atoms with Crippen molar-refractivity contribution in [3.63, 3.8) is 0 Å². The van der Waals surface area contributed by atoms with E-state index in [0.717, 1.165) is 12.8 Å². The minimum atomic E-state index is -0.445. The second-order valence-electron chi connectivity index (χ2n) is 4.11. The maximum Gasteiger partial charge on any atom is 0.294 e. The molecule has 0 bridgehead atoms. The average molecular weight is 257 g/mol. The molecule has 1 aliphatic rings. The summed E-state index contributed by atoms with van der Waals surface area (Å²) in [6.45, 7) is 1.08. The van der Waals surface area contributed by atoms with Crippen LogP contribution in [0.15, 0.2) is 18.2 Å². The van der Waals surface area contributed by atoms with E-state index < -0.39 is 11.0 Å². The molecular formula is C11H13ClN2O3. The molecule has 1 fully saturated rings. The number of nitro groups is 1. The standard InChI is InChI=1S/C11H13ClN2O3/c12-9-4-1-5-10(14(16)17)11(9)13-6-2-3-8(15)7-13/h1,4-5,8,15H,2-3,6-7H2. The average Bonchev–Trinajstić information content (AvgIpc) is 2.28. The summed E-state index contributed by atoms with van der Waals surface area (Å²) in [7, 11) is 0. The highest BCUT2D eigenvalue weighted by Crippen LogP contribution is 2.36. The number of nitro benzene ring substituents is 1. The second kappa shape index (κ2) is 4.89. The molecule has 0 aromatic heterocycles. The maximum atomic E-state index is 11.0. The van der Waals surface area contributed by atoms with E-state index in [0.29, 0.717) is 23.8 Å². The van der Waals surface area contributed by atoms with E-state index in [1.54, 1.807) is 17.0 Å². The monoisotopic (exact) mass is 256 g/mol. The summed E-state index contributed by atoms with van der Waals surface area (Å²) in [5.41, 5.74) is 0.407. The molecule has 1 heterocycles. The van der Waals surface area contributed by atoms with Crippen LogP contribution in [0.2, 0.25) is 5.02 Å². The van der Waals surface area contributed by atoms with E-state index >= 15 is 0 Å². The molecule has 1 aliphatic heterocycles. The van der Waals surface area contributed by atoms with E-state index in [-0.39, 0.29) is 5.69 Å². The molecule has 5 nitrogen and oxygen atoms in total. The second-order valence-corrected chi connectivity index (χ2v) is 4.51. The zero-order valence-corrected chi connectivity index (χ0v) is 9.93. The zero-order valence-electron chi connectivity index (χ0n) is 9.17. The first-order valence-electron chi connectivity index (χ1n) is 5.45. The Hall–Kier alpha value is -1.33. The number of rotatable bonds is 2. The first-order chi connectivity index (χ1) is 8.09. The molecule has 6 heteroatoms. The van der Waals surface area contributed by atoms with Crippen LogP contribution in [0.3, 0.4) is 0 Å². The van der Waals surface area contributed by atoms with Gasteiger partial charge in [-0.15, -0.1) is 0 Å². The van der Waals surface area contributed by atoms with Crippen LogP contribution in [0.5, 0.6) is 0 Å². The van der Waals surface area contributed by atoms with E-state index in [1.165, 1.54) is 6.07 Å². The minimum Gasteiger partial charge on any atom is -0.391 e. The van der Waals surface area contributed by atoms with Crippen molar-refractivity contribution in [1.29, 1.82) is 0 Å². The van der Waals surface area contributed by atoms with Gasteiger partial charge >= 0.3 is 0 Å². The molecule has 17 heavy (non-hydrogen) atoms. The third-order valence-electron chi connectivity index (χ3n) is 2.87. The molecule has 2 rings (SSSR count). The van der Waals surface area contributed by atoms with Crippen molar-refractivity contribution in [3.05, 3.63) is 33.3 Å². The fourth-order valence-electron chi connectivity index (χ4n) is 2.12. The fraction of sp³-hybridized carbons (Fsp3) is 0.455. The van der Waals surface area contributed by atoms with Gasteiger partial charge in [-0.05, 0) is 18.9 Å². The molecular weight excluding hydrogens is 244 g/mol. The largest absolute Gasteiger partial charge is 0.391 e. The first kappa shape index (κ1) is 12.1. The summed E-state index contributed by atoms with van der Waals surface area (Å²) in [4.78, 5) is 12.3. The summed E-state index contributed by atoms with van der Waals surface area (Å²) in [5, 5.41) is 20.9. The minimum absolute atomic E-state index is 0.00778. The lowest BCUT2D eigenvalue weighted by Gasteiger charge is -2.32. The molecule has 1 unspecified atom stereocenters. The van der Waals surface area contributed by atoms with Crippen LogP contribution in [0.25, 0.3) is 0 Å². The molecule has 0 amide bonds. The molecule has 1 aromatic carbocycles. The van der Waals surface area contributed by atoms with E-state index in [4.69, 9.17) is 11.6 Å². The summed E-state index contributed by atoms with van der Waals surface area (Å²) < 4.78 is 0. The molecule has 0 saturated carbocycles. The number of nitrogens with zero attached hydrogens (tertiary/aromatic N) is 2. The maximum absolute atomic E-state index is 11.0. The number of hydrogen-bond acceptors (Lipinski definition) is 4. The highest BCUT2D eigenvalue weighted by Gasteiger charge is 2.26. The number of piperidine rings is 1. The zero-order chi connectivity index (χ0) is 12.4. The lowest BCUT2D eigenvalue weighted by Crippen LogP contribution is -2.38. The lowest BCUT2D eigenvalue weighted by molar-refractivity contribution is -0.384. The smallest absolute Gasteiger partial charge is 0.294 e. The van der Waals surface area contributed by atoms with Gasteiger partial charge in [0.1, 0.15) is 5.69 Å². The van der Waals surface area contributed by atoms with Gasteiger partial charge in [-0.2, -0.15) is 0 Å². The van der Waals surface area contributed by atoms with Gasteiger partial charge in [-0.25, -0.2) is 0 Å². The van der Waals surface area contributed by atoms with Crippen molar-refractivity contribution in [2.75, 3.05) is 18.0 Å². The van der Waals surface area contributed by atoms with Crippen LogP contribution in [0, 0.1) is 10.1 Å². The Morgan fingerprint density at radius 1 is 1.53 bits per heavy atom. The van der Waals surface area contributed by atoms with Crippen LogP contribution in [0.1, 0.15) is 12.8 Å². The van der Waals surface area contributed by atoms with Crippen molar-refractivity contribution in [2.45, 2.75) is 18.9 Å². The normalized spacial score (nSPS) is 20.4. The SMILES string of the molecule is O=[N+]([O-])c1cccc(Cl)c1N1CCCC(O)C1. The van der Waals surface area contributed by atoms with E-state index in [9.17, 15) is 15.2 Å². The molecule has 1 saturated heterocycles. The predicted octanol–water partition coefficient (Wildman–Crippen LogP) is 2.21. The van der Waals surface area contributed by atoms with Crippen LogP contribution in [-0.4, -0.2) is 29.2 Å². The number of anilines is 1. The Bertz CT molecular complexity index is 439. The van der Waals surface area contributed by atoms with Gasteiger partial charge in [0.2, 0.25) is 0 Å². The lowest BCUT2D eigenvalue weighted by atomic mass is 10.1. The third kappa shape index (κ3) is 2.50. The fourth-order valence-corrected chi connectivity index (χ4v) is 2.41. The summed E-state index contributed by atoms with van der Waals surface area (Å²) in [6.07, 6.45) is 1.10. The van der Waals surface area contributed by atoms with Gasteiger partial charge in [0.25, 0.3) is 5.69 Å². The highest BCUT2D eigenvalue weighted by molar-refractivity contribution is 6.33. The Morgan fingerprint density at radius 2 is 2.29 bits per heavy atom. The van der Waals surface area contributed by atoms with Crippen molar-refractivity contribution >= 4 is 23.0 Å². The quantitative estimate of drug-likeness (QED) is 0.651. The molecule has 92 valence electrons. The van der Waals surface area contributed by atoms with Crippen molar-refractivity contribution < 1.29 is 10.0 Å². The number of halogens is 1. The first-order valence-corrected chi connectivity index (χ1v) is 5.83. The third-order valence-corrected chi connectivity index (χ3v) is 3.18. The number of aliphatic hydroxyl groups excluding tert-OH is 1. The number of benzene rings is 1. The Morgan fingerprint density at radius 3 is 2.94 bits per heavy atom. The van der Waals surface area contributed by atoms with Crippen LogP contribution >= 0.6 is 11.6 Å². The molecule has 0 radical (unpaired) electrons. The summed E-state index contributed by atoms with van der Waals surface area (Å²) in [6, 6.07) is 4.62. The van der Waals surface area contributed by atoms with Crippen LogP contribution in [0.4, 0.5) is 11.4 Å². The summed E-state index contributed by atoms with van der Waals surface area (Å²) >= 11 is 6.03. The van der Waals surface area contributed by atoms with Gasteiger partial charge in [0.15, 0.2) is 0 Å². The molecule has 0 spiro atoms. The number of β-amino-alcohol motifs (C(OH)–C–C–N with tert-alkyl or cyclic N) is 1.